The number of piperazine rings is 2. The molecule has 4 heterocycles. The Balaban J connectivity index is 0.000000286. The molecule has 4 aromatic rings. The van der Waals surface area contributed by atoms with Crippen LogP contribution in [0.1, 0.15) is 62.3 Å². The summed E-state index contributed by atoms with van der Waals surface area (Å²) in [7, 11) is 0. The molecule has 15 heteroatoms. The van der Waals surface area contributed by atoms with Crippen LogP contribution in [-0.2, 0) is 9.47 Å². The number of pyridine rings is 2. The van der Waals surface area contributed by atoms with Gasteiger partial charge in [0, 0.05) is 80.0 Å². The number of amides is 2. The fourth-order valence-electron chi connectivity index (χ4n) is 5.12. The van der Waals surface area contributed by atoms with Gasteiger partial charge >= 0.3 is 41.7 Å². The van der Waals surface area contributed by atoms with Gasteiger partial charge in [0.15, 0.2) is 0 Å². The third kappa shape index (κ3) is 17.7. The van der Waals surface area contributed by atoms with Gasteiger partial charge in [-0.05, 0) is 93.9 Å². The van der Waals surface area contributed by atoms with Crippen LogP contribution in [0.15, 0.2) is 65.4 Å². The van der Waals surface area contributed by atoms with Crippen LogP contribution in [0.2, 0.25) is 0 Å². The first-order valence-corrected chi connectivity index (χ1v) is 18.7. The molecule has 2 aliphatic rings. The summed E-state index contributed by atoms with van der Waals surface area (Å²) >= 11 is 3.25. The smallest absolute Gasteiger partial charge is 0.850 e. The number of aromatic nitrogens is 2. The summed E-state index contributed by atoms with van der Waals surface area (Å²) in [6.45, 7) is 21.6. The Kier molecular flexibility index (Phi) is 18.7. The van der Waals surface area contributed by atoms with Crippen molar-refractivity contribution in [3.8, 4) is 0 Å². The van der Waals surface area contributed by atoms with Crippen molar-refractivity contribution in [3.05, 3.63) is 77.0 Å². The standard InChI is InChI=1S/C18H22FN3O2.C9H5BrFN.C9H18N2O2.C4H9O.Na/c1-18(2,3)24-17(23)22-9-7-21(8-10-22)15-12-14(19)11-13-5-4-6-20-16(13)15;10-8-5-7(11)4-6-2-1-3-12-9(6)8;1-9(2,3)13-8(12)11-6-4-10-5-7-11;1-4(2,3)5;/h4-6,11-12H,7-10H2,1-3H3;1-5H;10H,4-7H2,1-3H3;1-3H3;/q;;;-1;+1. The van der Waals surface area contributed by atoms with E-state index in [0.29, 0.717) is 30.7 Å². The average Bonchev–Trinajstić information content (AvgIpc) is 3.07. The predicted octanol–water partition coefficient (Wildman–Crippen LogP) is 4.54. The van der Waals surface area contributed by atoms with Crippen molar-refractivity contribution in [1.82, 2.24) is 25.1 Å². The van der Waals surface area contributed by atoms with E-state index in [1.165, 1.54) is 24.3 Å². The number of fused-ring (bicyclic) bond motifs is 2. The average molecular weight is 840 g/mol. The summed E-state index contributed by atoms with van der Waals surface area (Å²) in [5, 5.41) is 14.9. The van der Waals surface area contributed by atoms with E-state index in [1.807, 2.05) is 53.7 Å². The number of carbonyl (C=O) groups excluding carboxylic acids is 2. The number of hydrogen-bond acceptors (Lipinski definition) is 9. The first-order valence-electron chi connectivity index (χ1n) is 18.0. The molecule has 2 saturated heterocycles. The fourth-order valence-corrected chi connectivity index (χ4v) is 5.67. The van der Waals surface area contributed by atoms with Crippen LogP contribution in [0.5, 0.6) is 0 Å². The molecular weight excluding hydrogens is 785 g/mol. The SMILES string of the molecule is CC(C)(C)OC(=O)N1CCN(c2cc(F)cc3cccnc23)CC1.CC(C)(C)OC(=O)N1CCNCC1.CC(C)(C)[O-].Fc1cc(Br)c2ncccc2c1.[Na+]. The largest absolute Gasteiger partial charge is 1.00 e. The molecule has 2 aliphatic heterocycles. The minimum Gasteiger partial charge on any atom is -0.850 e. The molecule has 0 saturated carbocycles. The second-order valence-corrected chi connectivity index (χ2v) is 16.6. The maximum absolute atomic E-state index is 13.9. The van der Waals surface area contributed by atoms with Crippen LogP contribution in [-0.4, -0.2) is 101 Å². The maximum Gasteiger partial charge on any atom is 1.00 e. The number of hydrogen-bond donors (Lipinski definition) is 1. The Labute approximate surface area is 354 Å². The van der Waals surface area contributed by atoms with Crippen LogP contribution in [0.4, 0.5) is 24.1 Å². The number of ether oxygens (including phenoxy) is 2. The second kappa shape index (κ2) is 21.4. The van der Waals surface area contributed by atoms with Crippen LogP contribution in [0.25, 0.3) is 21.8 Å². The van der Waals surface area contributed by atoms with Crippen molar-refractivity contribution in [1.29, 1.82) is 0 Å². The molecule has 0 bridgehead atoms. The van der Waals surface area contributed by atoms with Gasteiger partial charge in [-0.25, -0.2) is 18.4 Å². The number of rotatable bonds is 1. The summed E-state index contributed by atoms with van der Waals surface area (Å²) in [5.74, 6) is -0.526. The number of nitrogens with zero attached hydrogens (tertiary/aromatic N) is 5. The van der Waals surface area contributed by atoms with Crippen molar-refractivity contribution >= 4 is 55.6 Å². The molecule has 1 N–H and O–H groups in total. The summed E-state index contributed by atoms with van der Waals surface area (Å²) in [5.41, 5.74) is 0.705. The summed E-state index contributed by atoms with van der Waals surface area (Å²) in [6, 6.07) is 13.1. The summed E-state index contributed by atoms with van der Waals surface area (Å²) in [4.78, 5) is 37.6. The van der Waals surface area contributed by atoms with Gasteiger partial charge in [-0.2, -0.15) is 0 Å². The van der Waals surface area contributed by atoms with Gasteiger partial charge in [-0.3, -0.25) is 9.97 Å². The number of nitrogens with one attached hydrogen (secondary N) is 1. The number of benzene rings is 2. The first kappa shape index (κ1) is 48.0. The van der Waals surface area contributed by atoms with Gasteiger partial charge < -0.3 is 34.6 Å². The molecule has 2 amide bonds. The van der Waals surface area contributed by atoms with E-state index in [2.05, 4.69) is 36.1 Å². The van der Waals surface area contributed by atoms with Gasteiger partial charge in [0.25, 0.3) is 0 Å². The van der Waals surface area contributed by atoms with Gasteiger partial charge in [0.05, 0.1) is 16.7 Å². The third-order valence-electron chi connectivity index (χ3n) is 7.31. The normalized spacial score (nSPS) is 14.6. The van der Waals surface area contributed by atoms with Crippen LogP contribution >= 0.6 is 15.9 Å². The van der Waals surface area contributed by atoms with Crippen LogP contribution < -0.4 is 44.9 Å². The van der Waals surface area contributed by atoms with E-state index >= 15 is 0 Å². The molecule has 6 rings (SSSR count). The number of halogens is 3. The molecule has 0 aliphatic carbocycles. The molecular formula is C40H54BrF2N6NaO5. The molecule has 2 aromatic heterocycles. The Morgan fingerprint density at radius 2 is 1.13 bits per heavy atom. The first-order chi connectivity index (χ1) is 25.1. The van der Waals surface area contributed by atoms with Crippen molar-refractivity contribution in [2.45, 2.75) is 79.1 Å². The molecule has 0 atom stereocenters. The second-order valence-electron chi connectivity index (χ2n) is 15.7. The molecule has 2 fully saturated rings. The van der Waals surface area contributed by atoms with Gasteiger partial charge in [0.2, 0.25) is 0 Å². The Morgan fingerprint density at radius 3 is 1.60 bits per heavy atom. The van der Waals surface area contributed by atoms with Gasteiger partial charge in [0.1, 0.15) is 22.8 Å². The molecule has 0 unspecified atom stereocenters. The Hall–Kier alpha value is -3.14. The Morgan fingerprint density at radius 1 is 0.709 bits per heavy atom. The van der Waals surface area contributed by atoms with Crippen molar-refractivity contribution < 1.29 is 62.5 Å². The monoisotopic (exact) mass is 838 g/mol. The summed E-state index contributed by atoms with van der Waals surface area (Å²) in [6.07, 6.45) is 2.89. The maximum atomic E-state index is 13.9. The topological polar surface area (TPSA) is 123 Å². The fraction of sp³-hybridized carbons (Fsp3) is 0.500. The van der Waals surface area contributed by atoms with Crippen LogP contribution in [0, 0.1) is 11.6 Å². The zero-order valence-electron chi connectivity index (χ0n) is 33.8. The minimum atomic E-state index is -0.750. The van der Waals surface area contributed by atoms with E-state index in [1.54, 1.807) is 55.1 Å². The predicted molar refractivity (Wildman–Crippen MR) is 212 cm³/mol. The van der Waals surface area contributed by atoms with Crippen LogP contribution in [0.3, 0.4) is 0 Å². The van der Waals surface area contributed by atoms with Crippen molar-refractivity contribution in [2.75, 3.05) is 57.3 Å². The molecule has 2 aromatic carbocycles. The van der Waals surface area contributed by atoms with Gasteiger partial charge in [-0.1, -0.05) is 32.9 Å². The molecule has 296 valence electrons. The third-order valence-corrected chi connectivity index (χ3v) is 7.92. The molecule has 0 spiro atoms. The molecule has 11 nitrogen and oxygen atoms in total. The molecule has 0 radical (unpaired) electrons. The van der Waals surface area contributed by atoms with Crippen molar-refractivity contribution in [2.24, 2.45) is 0 Å². The Bertz CT molecular complexity index is 1830. The van der Waals surface area contributed by atoms with E-state index in [0.717, 1.165) is 53.7 Å². The number of anilines is 1. The zero-order chi connectivity index (χ0) is 40.3. The quantitative estimate of drug-likeness (QED) is 0.276. The van der Waals surface area contributed by atoms with E-state index in [9.17, 15) is 23.5 Å². The van der Waals surface area contributed by atoms with Gasteiger partial charge in [-0.15, -0.1) is 5.60 Å². The number of carbonyl (C=O) groups is 2. The summed E-state index contributed by atoms with van der Waals surface area (Å²) < 4.78 is 38.1. The van der Waals surface area contributed by atoms with Crippen molar-refractivity contribution in [3.63, 3.8) is 0 Å². The van der Waals surface area contributed by atoms with E-state index in [4.69, 9.17) is 9.47 Å². The molecule has 55 heavy (non-hydrogen) atoms. The van der Waals surface area contributed by atoms with E-state index < -0.39 is 11.2 Å². The van der Waals surface area contributed by atoms with E-state index in [-0.39, 0.29) is 59.0 Å². The zero-order valence-corrected chi connectivity index (χ0v) is 37.4. The minimum absolute atomic E-state index is 0.